The third-order valence-corrected chi connectivity index (χ3v) is 9.56. The molecular formula is C35H30N2O4S. The molecule has 1 aliphatic heterocycles. The number of ketones is 1. The zero-order valence-corrected chi connectivity index (χ0v) is 23.8. The van der Waals surface area contributed by atoms with E-state index in [1.54, 1.807) is 6.07 Å². The van der Waals surface area contributed by atoms with Crippen LogP contribution < -0.4 is 5.56 Å². The van der Waals surface area contributed by atoms with Gasteiger partial charge in [0.1, 0.15) is 0 Å². The van der Waals surface area contributed by atoms with Gasteiger partial charge in [-0.15, -0.1) is 0 Å². The number of nitrogens with zero attached hydrogens (tertiary/aromatic N) is 2. The van der Waals surface area contributed by atoms with Gasteiger partial charge in [0.15, 0.2) is 5.78 Å². The van der Waals surface area contributed by atoms with Crippen molar-refractivity contribution < 1.29 is 13.2 Å². The van der Waals surface area contributed by atoms with E-state index in [9.17, 15) is 18.0 Å². The molecule has 1 fully saturated rings. The maximum atomic E-state index is 13.7. The molecule has 2 heterocycles. The predicted molar refractivity (Wildman–Crippen MR) is 166 cm³/mol. The van der Waals surface area contributed by atoms with E-state index in [2.05, 4.69) is 24.3 Å². The van der Waals surface area contributed by atoms with Gasteiger partial charge in [0.05, 0.1) is 11.4 Å². The van der Waals surface area contributed by atoms with Gasteiger partial charge < -0.3 is 4.57 Å². The summed E-state index contributed by atoms with van der Waals surface area (Å²) in [7, 11) is -3.73. The first-order valence-corrected chi connectivity index (χ1v) is 15.4. The van der Waals surface area contributed by atoms with Crippen LogP contribution in [0.1, 0.15) is 23.2 Å². The number of benzene rings is 4. The van der Waals surface area contributed by atoms with Crippen LogP contribution in [0.3, 0.4) is 0 Å². The number of pyridine rings is 1. The molecule has 0 saturated carbocycles. The van der Waals surface area contributed by atoms with Gasteiger partial charge in [-0.3, -0.25) is 9.59 Å². The second-order valence-corrected chi connectivity index (χ2v) is 12.4. The fourth-order valence-corrected chi connectivity index (χ4v) is 6.97. The Balaban J connectivity index is 1.36. The molecular weight excluding hydrogens is 544 g/mol. The topological polar surface area (TPSA) is 76.5 Å². The molecule has 7 heteroatoms. The first-order chi connectivity index (χ1) is 20.4. The summed E-state index contributed by atoms with van der Waals surface area (Å²) in [6.07, 6.45) is 2.91. The Morgan fingerprint density at radius 2 is 1.24 bits per heavy atom. The highest BCUT2D eigenvalue weighted by Gasteiger charge is 2.28. The van der Waals surface area contributed by atoms with E-state index in [4.69, 9.17) is 0 Å². The molecule has 5 aromatic rings. The minimum Gasteiger partial charge on any atom is -0.306 e. The first-order valence-electron chi connectivity index (χ1n) is 14.0. The van der Waals surface area contributed by atoms with Crippen molar-refractivity contribution >= 4 is 15.8 Å². The Labute approximate surface area is 245 Å². The van der Waals surface area contributed by atoms with Crippen LogP contribution in [0.2, 0.25) is 0 Å². The average molecular weight is 575 g/mol. The van der Waals surface area contributed by atoms with E-state index in [1.807, 2.05) is 72.8 Å². The Hall–Kier alpha value is -4.59. The highest BCUT2D eigenvalue weighted by atomic mass is 32.2. The number of rotatable bonds is 8. The number of Topliss-reactive ketones (excluding diaryl/α,β-unsaturated/α-hetero) is 1. The summed E-state index contributed by atoms with van der Waals surface area (Å²) < 4.78 is 28.8. The van der Waals surface area contributed by atoms with E-state index in [1.165, 1.54) is 27.2 Å². The average Bonchev–Trinajstić information content (AvgIpc) is 3.59. The second-order valence-electron chi connectivity index (χ2n) is 10.4. The van der Waals surface area contributed by atoms with Gasteiger partial charge in [-0.05, 0) is 64.4 Å². The Morgan fingerprint density at radius 1 is 0.643 bits per heavy atom. The molecule has 0 unspecified atom stereocenters. The van der Waals surface area contributed by atoms with Crippen LogP contribution in [0.25, 0.3) is 33.4 Å². The van der Waals surface area contributed by atoms with E-state index < -0.39 is 15.6 Å². The standard InChI is InChI=1S/C35H30N2O4S/c38-34(25-36-24-31(17-19-35(36)39)42(40,41)37-20-7-8-21-37)32-18-16-30(23-33(32)27-12-5-2-6-13-27)29-15-9-14-28(22-29)26-10-3-1-4-11-26/h1-6,9-19,22-24H,7-8,20-21,25H2. The van der Waals surface area contributed by atoms with E-state index in [0.29, 0.717) is 18.7 Å². The fourth-order valence-electron chi connectivity index (χ4n) is 5.44. The zero-order valence-electron chi connectivity index (χ0n) is 23.0. The lowest BCUT2D eigenvalue weighted by Gasteiger charge is -2.17. The van der Waals surface area contributed by atoms with Crippen molar-refractivity contribution in [3.8, 4) is 33.4 Å². The number of carbonyl (C=O) groups excluding carboxylic acids is 1. The number of aromatic nitrogens is 1. The van der Waals surface area contributed by atoms with Gasteiger partial charge in [0.2, 0.25) is 10.0 Å². The highest BCUT2D eigenvalue weighted by Crippen LogP contribution is 2.32. The van der Waals surface area contributed by atoms with Crippen molar-refractivity contribution in [2.75, 3.05) is 13.1 Å². The molecule has 42 heavy (non-hydrogen) atoms. The molecule has 6 nitrogen and oxygen atoms in total. The summed E-state index contributed by atoms with van der Waals surface area (Å²) in [5, 5.41) is 0. The molecule has 0 amide bonds. The molecule has 6 rings (SSSR count). The highest BCUT2D eigenvalue weighted by molar-refractivity contribution is 7.89. The molecule has 0 radical (unpaired) electrons. The first kappa shape index (κ1) is 27.6. The van der Waals surface area contributed by atoms with Gasteiger partial charge in [0, 0.05) is 30.9 Å². The third-order valence-electron chi connectivity index (χ3n) is 7.68. The SMILES string of the molecule is O=C(Cn1cc(S(=O)(=O)N2CCCC2)ccc1=O)c1ccc(-c2cccc(-c3ccccc3)c2)cc1-c1ccccc1. The van der Waals surface area contributed by atoms with Crippen LogP contribution in [-0.2, 0) is 16.6 Å². The quantitative estimate of drug-likeness (QED) is 0.198. The lowest BCUT2D eigenvalue weighted by Crippen LogP contribution is -2.30. The van der Waals surface area contributed by atoms with Crippen molar-refractivity contribution in [1.82, 2.24) is 8.87 Å². The summed E-state index contributed by atoms with van der Waals surface area (Å²) in [5.41, 5.74) is 5.84. The summed E-state index contributed by atoms with van der Waals surface area (Å²) in [4.78, 5) is 26.5. The molecule has 4 aromatic carbocycles. The molecule has 0 bridgehead atoms. The molecule has 1 aliphatic rings. The van der Waals surface area contributed by atoms with Gasteiger partial charge in [-0.1, -0.05) is 91.0 Å². The smallest absolute Gasteiger partial charge is 0.251 e. The van der Waals surface area contributed by atoms with Crippen molar-refractivity contribution in [2.45, 2.75) is 24.3 Å². The zero-order chi connectivity index (χ0) is 29.1. The predicted octanol–water partition coefficient (Wildman–Crippen LogP) is 6.52. The maximum absolute atomic E-state index is 13.7. The van der Waals surface area contributed by atoms with Crippen LogP contribution in [0.5, 0.6) is 0 Å². The molecule has 0 aliphatic carbocycles. The molecule has 0 atom stereocenters. The van der Waals surface area contributed by atoms with Crippen LogP contribution in [-0.4, -0.2) is 36.2 Å². The normalized spacial score (nSPS) is 13.7. The fraction of sp³-hybridized carbons (Fsp3) is 0.143. The minimum absolute atomic E-state index is 0.0220. The van der Waals surface area contributed by atoms with E-state index >= 15 is 0 Å². The number of carbonyl (C=O) groups is 1. The van der Waals surface area contributed by atoms with E-state index in [0.717, 1.165) is 46.2 Å². The van der Waals surface area contributed by atoms with Crippen LogP contribution in [0, 0.1) is 0 Å². The summed E-state index contributed by atoms with van der Waals surface area (Å²) >= 11 is 0. The van der Waals surface area contributed by atoms with Crippen LogP contribution in [0.15, 0.2) is 131 Å². The van der Waals surface area contributed by atoms with Crippen molar-refractivity contribution in [3.63, 3.8) is 0 Å². The van der Waals surface area contributed by atoms with Crippen LogP contribution >= 0.6 is 0 Å². The molecule has 0 spiro atoms. The Morgan fingerprint density at radius 3 is 1.93 bits per heavy atom. The molecule has 1 saturated heterocycles. The number of hydrogen-bond acceptors (Lipinski definition) is 4. The van der Waals surface area contributed by atoms with Gasteiger partial charge in [-0.25, -0.2) is 8.42 Å². The lowest BCUT2D eigenvalue weighted by molar-refractivity contribution is 0.0971. The van der Waals surface area contributed by atoms with Crippen LogP contribution in [0.4, 0.5) is 0 Å². The summed E-state index contributed by atoms with van der Waals surface area (Å²) in [6.45, 7) is 0.647. The molecule has 210 valence electrons. The largest absolute Gasteiger partial charge is 0.306 e. The molecule has 0 N–H and O–H groups in total. The molecule has 1 aromatic heterocycles. The lowest BCUT2D eigenvalue weighted by atomic mass is 9.91. The van der Waals surface area contributed by atoms with Gasteiger partial charge in [-0.2, -0.15) is 4.31 Å². The summed E-state index contributed by atoms with van der Waals surface area (Å²) in [6, 6.07) is 36.4. The number of hydrogen-bond donors (Lipinski definition) is 0. The number of sulfonamides is 1. The summed E-state index contributed by atoms with van der Waals surface area (Å²) in [5.74, 6) is -0.281. The van der Waals surface area contributed by atoms with Crippen molar-refractivity contribution in [2.24, 2.45) is 0 Å². The monoisotopic (exact) mass is 574 g/mol. The van der Waals surface area contributed by atoms with Crippen molar-refractivity contribution in [1.29, 1.82) is 0 Å². The Kier molecular flexibility index (Phi) is 7.69. The minimum atomic E-state index is -3.73. The van der Waals surface area contributed by atoms with Gasteiger partial charge in [0.25, 0.3) is 5.56 Å². The second kappa shape index (κ2) is 11.7. The van der Waals surface area contributed by atoms with Crippen molar-refractivity contribution in [3.05, 3.63) is 137 Å². The maximum Gasteiger partial charge on any atom is 0.251 e. The third kappa shape index (κ3) is 5.62. The van der Waals surface area contributed by atoms with Gasteiger partial charge >= 0.3 is 0 Å². The Bertz CT molecular complexity index is 1910. The van der Waals surface area contributed by atoms with E-state index in [-0.39, 0.29) is 17.2 Å².